The Morgan fingerprint density at radius 1 is 1.11 bits per heavy atom. The highest BCUT2D eigenvalue weighted by Crippen LogP contribution is 2.31. The van der Waals surface area contributed by atoms with Crippen molar-refractivity contribution in [1.82, 2.24) is 5.32 Å². The van der Waals surface area contributed by atoms with Crippen LogP contribution in [0.15, 0.2) is 57.7 Å². The highest BCUT2D eigenvalue weighted by atomic mass is 16.5. The molecule has 0 bridgehead atoms. The van der Waals surface area contributed by atoms with Crippen LogP contribution in [0.25, 0.3) is 22.1 Å². The summed E-state index contributed by atoms with van der Waals surface area (Å²) in [4.78, 5) is 24.2. The van der Waals surface area contributed by atoms with Gasteiger partial charge in [-0.05, 0) is 55.2 Å². The van der Waals surface area contributed by atoms with Crippen LogP contribution < -0.4 is 20.4 Å². The average molecular weight is 379 g/mol. The zero-order valence-corrected chi connectivity index (χ0v) is 15.7. The predicted octanol–water partition coefficient (Wildman–Crippen LogP) is 3.51. The molecular formula is C22H21NO5. The van der Waals surface area contributed by atoms with E-state index in [1.54, 1.807) is 26.2 Å². The molecule has 1 aliphatic carbocycles. The molecule has 1 amide bonds. The molecule has 0 spiro atoms. The van der Waals surface area contributed by atoms with Crippen molar-refractivity contribution in [3.05, 3.63) is 59.0 Å². The fourth-order valence-electron chi connectivity index (χ4n) is 3.03. The molecule has 1 N–H and O–H groups in total. The van der Waals surface area contributed by atoms with Crippen LogP contribution in [0.5, 0.6) is 11.5 Å². The van der Waals surface area contributed by atoms with Crippen molar-refractivity contribution in [3.63, 3.8) is 0 Å². The molecule has 4 rings (SSSR count). The summed E-state index contributed by atoms with van der Waals surface area (Å²) < 4.78 is 16.3. The second-order valence-corrected chi connectivity index (χ2v) is 6.91. The van der Waals surface area contributed by atoms with Crippen molar-refractivity contribution in [3.8, 4) is 22.6 Å². The van der Waals surface area contributed by atoms with Crippen molar-refractivity contribution in [2.75, 3.05) is 7.11 Å². The monoisotopic (exact) mass is 379 g/mol. The van der Waals surface area contributed by atoms with Crippen molar-refractivity contribution in [2.24, 2.45) is 0 Å². The van der Waals surface area contributed by atoms with Crippen molar-refractivity contribution in [2.45, 2.75) is 31.9 Å². The largest absolute Gasteiger partial charge is 0.497 e. The summed E-state index contributed by atoms with van der Waals surface area (Å²) in [6.07, 6.45) is 1.41. The number of rotatable bonds is 6. The van der Waals surface area contributed by atoms with E-state index in [4.69, 9.17) is 13.9 Å². The molecule has 0 saturated heterocycles. The average Bonchev–Trinajstić information content (AvgIpc) is 3.51. The summed E-state index contributed by atoms with van der Waals surface area (Å²) in [6.45, 7) is 1.70. The fourth-order valence-corrected chi connectivity index (χ4v) is 3.03. The Kier molecular flexibility index (Phi) is 4.77. The molecule has 28 heavy (non-hydrogen) atoms. The zero-order valence-electron chi connectivity index (χ0n) is 15.7. The lowest BCUT2D eigenvalue weighted by Gasteiger charge is -2.15. The standard InChI is InChI=1S/C22H21NO5/c1-13(22(25)23-15-5-6-15)27-17-9-10-18-19(12-21(24)28-20(18)11-17)14-3-7-16(26-2)8-4-14/h3-4,7-13,15H,5-6H2,1-2H3,(H,23,25)/t13-/m1/s1. The normalized spacial score (nSPS) is 14.5. The molecule has 1 heterocycles. The molecular weight excluding hydrogens is 358 g/mol. The number of hydrogen-bond donors (Lipinski definition) is 1. The van der Waals surface area contributed by atoms with E-state index < -0.39 is 11.7 Å². The van der Waals surface area contributed by atoms with Crippen molar-refractivity contribution >= 4 is 16.9 Å². The first kappa shape index (κ1) is 18.1. The third kappa shape index (κ3) is 3.86. The molecule has 0 aliphatic heterocycles. The van der Waals surface area contributed by atoms with E-state index in [1.165, 1.54) is 6.07 Å². The lowest BCUT2D eigenvalue weighted by molar-refractivity contribution is -0.127. The lowest BCUT2D eigenvalue weighted by Crippen LogP contribution is -2.37. The smallest absolute Gasteiger partial charge is 0.336 e. The van der Waals surface area contributed by atoms with Gasteiger partial charge in [-0.3, -0.25) is 4.79 Å². The third-order valence-electron chi connectivity index (χ3n) is 4.72. The van der Waals surface area contributed by atoms with Gasteiger partial charge in [-0.25, -0.2) is 4.79 Å². The molecule has 1 saturated carbocycles. The summed E-state index contributed by atoms with van der Waals surface area (Å²) in [5.41, 5.74) is 1.60. The van der Waals surface area contributed by atoms with Gasteiger partial charge in [-0.2, -0.15) is 0 Å². The molecule has 1 aromatic heterocycles. The van der Waals surface area contributed by atoms with E-state index in [0.717, 1.165) is 35.1 Å². The van der Waals surface area contributed by atoms with E-state index in [1.807, 2.05) is 30.3 Å². The SMILES string of the molecule is COc1ccc(-c2cc(=O)oc3cc(O[C@H](C)C(=O)NC4CC4)ccc23)cc1. The molecule has 1 aliphatic rings. The quantitative estimate of drug-likeness (QED) is 0.663. The molecule has 0 unspecified atom stereocenters. The first-order chi connectivity index (χ1) is 13.5. The number of carbonyl (C=O) groups excluding carboxylic acids is 1. The van der Waals surface area contributed by atoms with Crippen LogP contribution in [0.1, 0.15) is 19.8 Å². The van der Waals surface area contributed by atoms with E-state index in [2.05, 4.69) is 5.32 Å². The zero-order chi connectivity index (χ0) is 19.7. The van der Waals surface area contributed by atoms with Gasteiger partial charge in [0.05, 0.1) is 7.11 Å². The molecule has 3 aromatic rings. The van der Waals surface area contributed by atoms with Gasteiger partial charge in [0, 0.05) is 23.6 Å². The molecule has 2 aromatic carbocycles. The minimum atomic E-state index is -0.630. The predicted molar refractivity (Wildman–Crippen MR) is 106 cm³/mol. The lowest BCUT2D eigenvalue weighted by atomic mass is 10.0. The molecule has 1 atom stereocenters. The molecule has 144 valence electrons. The van der Waals surface area contributed by atoms with E-state index in [9.17, 15) is 9.59 Å². The van der Waals surface area contributed by atoms with Gasteiger partial charge in [0.1, 0.15) is 17.1 Å². The molecule has 6 nitrogen and oxygen atoms in total. The van der Waals surface area contributed by atoms with Gasteiger partial charge in [-0.1, -0.05) is 12.1 Å². The minimum Gasteiger partial charge on any atom is -0.497 e. The summed E-state index contributed by atoms with van der Waals surface area (Å²) in [5.74, 6) is 1.07. The second-order valence-electron chi connectivity index (χ2n) is 6.91. The van der Waals surface area contributed by atoms with Crippen LogP contribution in [-0.4, -0.2) is 25.2 Å². The van der Waals surface area contributed by atoms with Gasteiger partial charge in [0.15, 0.2) is 6.10 Å². The van der Waals surface area contributed by atoms with Crippen molar-refractivity contribution in [1.29, 1.82) is 0 Å². The van der Waals surface area contributed by atoms with Crippen LogP contribution in [0, 0.1) is 0 Å². The second kappa shape index (κ2) is 7.38. The summed E-state index contributed by atoms with van der Waals surface area (Å²) in [6, 6.07) is 14.5. The fraction of sp³-hybridized carbons (Fsp3) is 0.273. The van der Waals surface area contributed by atoms with Crippen LogP contribution >= 0.6 is 0 Å². The van der Waals surface area contributed by atoms with E-state index in [-0.39, 0.29) is 11.9 Å². The molecule has 6 heteroatoms. The van der Waals surface area contributed by atoms with Gasteiger partial charge < -0.3 is 19.2 Å². The van der Waals surface area contributed by atoms with E-state index in [0.29, 0.717) is 11.3 Å². The Bertz CT molecular complexity index is 1070. The Morgan fingerprint density at radius 3 is 2.50 bits per heavy atom. The van der Waals surface area contributed by atoms with Crippen molar-refractivity contribution < 1.29 is 18.7 Å². The Morgan fingerprint density at radius 2 is 1.82 bits per heavy atom. The third-order valence-corrected chi connectivity index (χ3v) is 4.72. The highest BCUT2D eigenvalue weighted by molar-refractivity contribution is 5.94. The summed E-state index contributed by atoms with van der Waals surface area (Å²) in [7, 11) is 1.61. The van der Waals surface area contributed by atoms with Gasteiger partial charge in [0.2, 0.25) is 0 Å². The van der Waals surface area contributed by atoms with Gasteiger partial charge in [0.25, 0.3) is 5.91 Å². The maximum Gasteiger partial charge on any atom is 0.336 e. The number of hydrogen-bond acceptors (Lipinski definition) is 5. The Balaban J connectivity index is 1.64. The number of fused-ring (bicyclic) bond motifs is 1. The van der Waals surface area contributed by atoms with Crippen LogP contribution in [-0.2, 0) is 4.79 Å². The first-order valence-electron chi connectivity index (χ1n) is 9.23. The Labute approximate surface area is 162 Å². The number of amides is 1. The topological polar surface area (TPSA) is 77.8 Å². The number of carbonyl (C=O) groups is 1. The number of nitrogens with one attached hydrogen (secondary N) is 1. The molecule has 0 radical (unpaired) electrons. The number of ether oxygens (including phenoxy) is 2. The van der Waals surface area contributed by atoms with Crippen LogP contribution in [0.4, 0.5) is 0 Å². The maximum absolute atomic E-state index is 12.1. The number of methoxy groups -OCH3 is 1. The maximum atomic E-state index is 12.1. The minimum absolute atomic E-state index is 0.143. The number of benzene rings is 2. The summed E-state index contributed by atoms with van der Waals surface area (Å²) >= 11 is 0. The van der Waals surface area contributed by atoms with Gasteiger partial charge >= 0.3 is 5.63 Å². The molecule has 1 fully saturated rings. The Hall–Kier alpha value is -3.28. The first-order valence-corrected chi connectivity index (χ1v) is 9.23. The van der Waals surface area contributed by atoms with Crippen LogP contribution in [0.2, 0.25) is 0 Å². The van der Waals surface area contributed by atoms with E-state index >= 15 is 0 Å². The summed E-state index contributed by atoms with van der Waals surface area (Å²) in [5, 5.41) is 3.70. The van der Waals surface area contributed by atoms with Gasteiger partial charge in [-0.15, -0.1) is 0 Å². The highest BCUT2D eigenvalue weighted by Gasteiger charge is 2.26. The van der Waals surface area contributed by atoms with Crippen LogP contribution in [0.3, 0.4) is 0 Å².